The molecule has 1 aromatic heterocycles. The van der Waals surface area contributed by atoms with Crippen molar-refractivity contribution >= 4 is 67.3 Å². The van der Waals surface area contributed by atoms with Gasteiger partial charge in [-0.3, -0.25) is 14.5 Å². The monoisotopic (exact) mass is 480 g/mol. The van der Waals surface area contributed by atoms with Crippen LogP contribution in [-0.4, -0.2) is 21.8 Å². The van der Waals surface area contributed by atoms with Crippen LogP contribution in [0.1, 0.15) is 17.2 Å². The first-order chi connectivity index (χ1) is 15.4. The van der Waals surface area contributed by atoms with Gasteiger partial charge in [0.05, 0.1) is 21.8 Å². The lowest BCUT2D eigenvalue weighted by molar-refractivity contribution is -0.132. The van der Waals surface area contributed by atoms with Crippen LogP contribution < -0.4 is 4.90 Å². The van der Waals surface area contributed by atoms with E-state index in [0.717, 1.165) is 4.70 Å². The average Bonchev–Trinajstić information content (AvgIpc) is 3.32. The number of Topliss-reactive ketones (excluding diaryl/α,β-unsaturated/α-hetero) is 1. The number of ketones is 1. The second-order valence-corrected chi connectivity index (χ2v) is 9.08. The molecule has 5 rings (SSSR count). The van der Waals surface area contributed by atoms with Crippen LogP contribution in [0.5, 0.6) is 0 Å². The maximum absolute atomic E-state index is 13.2. The quantitative estimate of drug-likeness (QED) is 0.214. The number of nitrogens with zero attached hydrogens (tertiary/aromatic N) is 2. The van der Waals surface area contributed by atoms with Gasteiger partial charge in [-0.2, -0.15) is 0 Å². The number of thiazole rings is 1. The molecule has 3 aromatic carbocycles. The van der Waals surface area contributed by atoms with Crippen LogP contribution in [0.15, 0.2) is 78.4 Å². The van der Waals surface area contributed by atoms with E-state index in [1.807, 2.05) is 30.3 Å². The van der Waals surface area contributed by atoms with E-state index < -0.39 is 17.7 Å². The van der Waals surface area contributed by atoms with Crippen molar-refractivity contribution in [1.82, 2.24) is 4.98 Å². The van der Waals surface area contributed by atoms with E-state index >= 15 is 0 Å². The van der Waals surface area contributed by atoms with Crippen molar-refractivity contribution in [3.05, 3.63) is 99.5 Å². The molecular formula is C24H14Cl2N2O3S. The van der Waals surface area contributed by atoms with Gasteiger partial charge in [0.2, 0.25) is 0 Å². The van der Waals surface area contributed by atoms with Gasteiger partial charge in [0.15, 0.2) is 5.13 Å². The molecule has 1 amide bonds. The molecule has 1 N–H and O–H groups in total. The summed E-state index contributed by atoms with van der Waals surface area (Å²) in [5.41, 5.74) is 1.74. The number of anilines is 1. The first kappa shape index (κ1) is 20.7. The summed E-state index contributed by atoms with van der Waals surface area (Å²) < 4.78 is 0.791. The number of carbonyl (C=O) groups is 2. The van der Waals surface area contributed by atoms with Crippen LogP contribution in [0, 0.1) is 0 Å². The van der Waals surface area contributed by atoms with Crippen molar-refractivity contribution < 1.29 is 14.7 Å². The molecule has 158 valence electrons. The van der Waals surface area contributed by atoms with E-state index in [0.29, 0.717) is 31.8 Å². The maximum atomic E-state index is 13.2. The van der Waals surface area contributed by atoms with Gasteiger partial charge in [0.1, 0.15) is 5.76 Å². The lowest BCUT2D eigenvalue weighted by Gasteiger charge is -2.22. The molecule has 1 saturated heterocycles. The summed E-state index contributed by atoms with van der Waals surface area (Å²) in [6, 6.07) is 19.9. The molecule has 1 aliphatic rings. The molecular weight excluding hydrogens is 467 g/mol. The molecule has 32 heavy (non-hydrogen) atoms. The Kier molecular flexibility index (Phi) is 5.21. The fourth-order valence-electron chi connectivity index (χ4n) is 3.73. The van der Waals surface area contributed by atoms with Crippen LogP contribution in [0.4, 0.5) is 5.13 Å². The number of hydrogen-bond acceptors (Lipinski definition) is 5. The topological polar surface area (TPSA) is 70.5 Å². The number of benzene rings is 3. The first-order valence-corrected chi connectivity index (χ1v) is 11.2. The highest BCUT2D eigenvalue weighted by Gasteiger charge is 2.48. The predicted molar refractivity (Wildman–Crippen MR) is 127 cm³/mol. The summed E-state index contributed by atoms with van der Waals surface area (Å²) >= 11 is 13.3. The zero-order valence-electron chi connectivity index (χ0n) is 16.3. The van der Waals surface area contributed by atoms with Gasteiger partial charge in [-0.15, -0.1) is 0 Å². The summed E-state index contributed by atoms with van der Waals surface area (Å²) in [5.74, 6) is -1.79. The normalized spacial score (nSPS) is 17.9. The molecule has 4 aromatic rings. The third-order valence-corrected chi connectivity index (χ3v) is 6.73. The summed E-state index contributed by atoms with van der Waals surface area (Å²) in [7, 11) is 0. The van der Waals surface area contributed by atoms with Crippen molar-refractivity contribution in [2.75, 3.05) is 4.90 Å². The predicted octanol–water partition coefficient (Wildman–Crippen LogP) is 6.23. The number of aliphatic hydroxyl groups excluding tert-OH is 1. The number of carbonyl (C=O) groups excluding carboxylic acids is 2. The SMILES string of the molecule is O=C1C(=O)N(c2nc3ccc(Cl)cc3s2)C(c2ccccc2)/C1=C(\O)c1ccc(Cl)cc1. The maximum Gasteiger partial charge on any atom is 0.301 e. The molecule has 0 spiro atoms. The molecule has 0 bridgehead atoms. The van der Waals surface area contributed by atoms with Crippen molar-refractivity contribution in [3.8, 4) is 0 Å². The lowest BCUT2D eigenvalue weighted by Crippen LogP contribution is -2.29. The number of hydrogen-bond donors (Lipinski definition) is 1. The van der Waals surface area contributed by atoms with Gasteiger partial charge in [-0.05, 0) is 48.0 Å². The third kappa shape index (κ3) is 3.46. The Morgan fingerprint density at radius 2 is 1.62 bits per heavy atom. The fourth-order valence-corrected chi connectivity index (χ4v) is 5.13. The number of aliphatic hydroxyl groups is 1. The van der Waals surface area contributed by atoms with Crippen molar-refractivity contribution in [2.24, 2.45) is 0 Å². The van der Waals surface area contributed by atoms with Gasteiger partial charge < -0.3 is 5.11 Å². The molecule has 1 unspecified atom stereocenters. The molecule has 8 heteroatoms. The first-order valence-electron chi connectivity index (χ1n) is 9.62. The summed E-state index contributed by atoms with van der Waals surface area (Å²) in [4.78, 5) is 32.2. The number of amides is 1. The van der Waals surface area contributed by atoms with Gasteiger partial charge in [-0.25, -0.2) is 4.98 Å². The van der Waals surface area contributed by atoms with Crippen molar-refractivity contribution in [3.63, 3.8) is 0 Å². The Bertz CT molecular complexity index is 1400. The Hall–Kier alpha value is -3.19. The molecule has 1 atom stereocenters. The van der Waals surface area contributed by atoms with E-state index in [4.69, 9.17) is 23.2 Å². The number of halogens is 2. The summed E-state index contributed by atoms with van der Waals surface area (Å²) in [6.45, 7) is 0. The van der Waals surface area contributed by atoms with Crippen molar-refractivity contribution in [2.45, 2.75) is 6.04 Å². The standard InChI is InChI=1S/C24H14Cl2N2O3S/c25-15-8-6-14(7-9-15)21(29)19-20(13-4-2-1-3-5-13)28(23(31)22(19)30)24-27-17-11-10-16(26)12-18(17)32-24/h1-12,20,29H/b21-19+. The van der Waals surface area contributed by atoms with Gasteiger partial charge in [-0.1, -0.05) is 64.9 Å². The van der Waals surface area contributed by atoms with E-state index in [1.54, 1.807) is 42.5 Å². The van der Waals surface area contributed by atoms with Gasteiger partial charge >= 0.3 is 5.91 Å². The summed E-state index contributed by atoms with van der Waals surface area (Å²) in [6.07, 6.45) is 0. The van der Waals surface area contributed by atoms with Crippen LogP contribution >= 0.6 is 34.5 Å². The molecule has 0 saturated carbocycles. The number of fused-ring (bicyclic) bond motifs is 1. The Balaban J connectivity index is 1.72. The smallest absolute Gasteiger partial charge is 0.301 e. The minimum absolute atomic E-state index is 0.000751. The average molecular weight is 481 g/mol. The molecule has 5 nitrogen and oxygen atoms in total. The zero-order chi connectivity index (χ0) is 22.4. The van der Waals surface area contributed by atoms with Crippen LogP contribution in [0.2, 0.25) is 10.0 Å². The molecule has 2 heterocycles. The second-order valence-electron chi connectivity index (χ2n) is 7.20. The Morgan fingerprint density at radius 3 is 2.34 bits per heavy atom. The molecule has 0 aliphatic carbocycles. The van der Waals surface area contributed by atoms with Gasteiger partial charge in [0.25, 0.3) is 5.78 Å². The highest BCUT2D eigenvalue weighted by molar-refractivity contribution is 7.22. The van der Waals surface area contributed by atoms with E-state index in [-0.39, 0.29) is 11.3 Å². The Morgan fingerprint density at radius 1 is 0.938 bits per heavy atom. The van der Waals surface area contributed by atoms with E-state index in [2.05, 4.69) is 4.98 Å². The second kappa shape index (κ2) is 8.06. The van der Waals surface area contributed by atoms with E-state index in [9.17, 15) is 14.7 Å². The van der Waals surface area contributed by atoms with Crippen molar-refractivity contribution in [1.29, 1.82) is 0 Å². The Labute approximate surface area is 197 Å². The highest BCUT2D eigenvalue weighted by atomic mass is 35.5. The largest absolute Gasteiger partial charge is 0.507 e. The highest BCUT2D eigenvalue weighted by Crippen LogP contribution is 2.44. The molecule has 1 aliphatic heterocycles. The number of rotatable bonds is 3. The van der Waals surface area contributed by atoms with Crippen LogP contribution in [0.3, 0.4) is 0 Å². The summed E-state index contributed by atoms with van der Waals surface area (Å²) in [5, 5.41) is 12.5. The third-order valence-electron chi connectivity index (χ3n) is 5.22. The van der Waals surface area contributed by atoms with Crippen LogP contribution in [-0.2, 0) is 9.59 Å². The fraction of sp³-hybridized carbons (Fsp3) is 0.0417. The van der Waals surface area contributed by atoms with Crippen LogP contribution in [0.25, 0.3) is 16.0 Å². The lowest BCUT2D eigenvalue weighted by atomic mass is 9.95. The zero-order valence-corrected chi connectivity index (χ0v) is 18.7. The van der Waals surface area contributed by atoms with E-state index in [1.165, 1.54) is 16.2 Å². The molecule has 0 radical (unpaired) electrons. The molecule has 1 fully saturated rings. The van der Waals surface area contributed by atoms with Gasteiger partial charge in [0, 0.05) is 15.6 Å². The minimum Gasteiger partial charge on any atom is -0.507 e. The number of aromatic nitrogens is 1. The minimum atomic E-state index is -0.831.